The molecule has 0 bridgehead atoms. The number of ether oxygens (including phenoxy) is 1. The first-order chi connectivity index (χ1) is 21.7. The van der Waals surface area contributed by atoms with E-state index in [1.54, 1.807) is 36.4 Å². The van der Waals surface area contributed by atoms with Crippen molar-refractivity contribution in [2.24, 2.45) is 5.41 Å². The molecule has 4 aromatic carbocycles. The summed E-state index contributed by atoms with van der Waals surface area (Å²) in [6.45, 7) is 6.60. The molecule has 242 valence electrons. The maximum absolute atomic E-state index is 13.8. The van der Waals surface area contributed by atoms with Gasteiger partial charge in [0.2, 0.25) is 5.91 Å². The average Bonchev–Trinajstić information content (AvgIpc) is 2.99. The van der Waals surface area contributed by atoms with E-state index in [0.29, 0.717) is 40.1 Å². The molecule has 0 aliphatic heterocycles. The van der Waals surface area contributed by atoms with Crippen LogP contribution < -0.4 is 44.9 Å². The minimum absolute atomic E-state index is 0. The molecule has 0 spiro atoms. The molecule has 4 aromatic rings. The first-order valence-electron chi connectivity index (χ1n) is 14.6. The van der Waals surface area contributed by atoms with Gasteiger partial charge in [-0.1, -0.05) is 86.4 Å². The van der Waals surface area contributed by atoms with E-state index in [0.717, 1.165) is 22.3 Å². The van der Waals surface area contributed by atoms with Crippen LogP contribution in [0.15, 0.2) is 91.0 Å². The van der Waals surface area contributed by atoms with Crippen LogP contribution >= 0.6 is 23.2 Å². The van der Waals surface area contributed by atoms with Crippen LogP contribution in [0.25, 0.3) is 11.1 Å². The monoisotopic (exact) mass is 705 g/mol. The van der Waals surface area contributed by atoms with Gasteiger partial charge in [-0.3, -0.25) is 14.1 Å². The molecule has 0 heterocycles. The minimum atomic E-state index is -4.18. The minimum Gasteiger partial charge on any atom is -0.493 e. The van der Waals surface area contributed by atoms with Crippen molar-refractivity contribution in [2.45, 2.75) is 33.1 Å². The van der Waals surface area contributed by atoms with Gasteiger partial charge < -0.3 is 15.4 Å². The van der Waals surface area contributed by atoms with Crippen LogP contribution in [0, 0.1) is 5.41 Å². The number of amides is 2. The summed E-state index contributed by atoms with van der Waals surface area (Å²) in [7, 11) is -4.18. The van der Waals surface area contributed by atoms with E-state index in [-0.39, 0.29) is 47.4 Å². The van der Waals surface area contributed by atoms with Gasteiger partial charge in [-0.2, -0.15) is 8.42 Å². The van der Waals surface area contributed by atoms with Crippen molar-refractivity contribution in [1.82, 2.24) is 5.32 Å². The summed E-state index contributed by atoms with van der Waals surface area (Å²) >= 11 is 12.4. The fourth-order valence-electron chi connectivity index (χ4n) is 4.57. The second-order valence-electron chi connectivity index (χ2n) is 12.1. The molecule has 47 heavy (non-hydrogen) atoms. The van der Waals surface area contributed by atoms with Crippen molar-refractivity contribution in [2.75, 3.05) is 24.2 Å². The standard InChI is InChI=1S/C35H36Cl2N2O6S.Na/c1-35(2,3)22-45-29-15-10-25(11-16-29)31(20-23-4-6-26(7-5-23)33(40)38-18-19-46(42,43)44)34(41)39-28-13-8-24(9-14-28)30-17-12-27(36)21-32(30)37;/h4-17,21,31H,18-20,22H2,1-3H3,(H,38,40)(H,39,41)(H,42,43,44);/q;+1. The summed E-state index contributed by atoms with van der Waals surface area (Å²) in [5.41, 5.74) is 4.24. The molecule has 2 amide bonds. The van der Waals surface area contributed by atoms with E-state index in [1.165, 1.54) is 0 Å². The molecular formula is C35H36Cl2N2NaO6S+. The number of hydrogen-bond donors (Lipinski definition) is 3. The van der Waals surface area contributed by atoms with Gasteiger partial charge in [0.05, 0.1) is 18.3 Å². The van der Waals surface area contributed by atoms with Crippen LogP contribution in [-0.2, 0) is 21.3 Å². The number of carbonyl (C=O) groups excluding carboxylic acids is 2. The molecule has 1 atom stereocenters. The molecule has 8 nitrogen and oxygen atoms in total. The first kappa shape index (κ1) is 38.6. The third-order valence-corrected chi connectivity index (χ3v) is 8.23. The third-order valence-electron chi connectivity index (χ3n) is 6.97. The zero-order chi connectivity index (χ0) is 33.5. The Balaban J connectivity index is 0.00000600. The Morgan fingerprint density at radius 1 is 0.894 bits per heavy atom. The summed E-state index contributed by atoms with van der Waals surface area (Å²) in [4.78, 5) is 26.2. The van der Waals surface area contributed by atoms with Crippen molar-refractivity contribution in [3.63, 3.8) is 0 Å². The van der Waals surface area contributed by atoms with Crippen molar-refractivity contribution in [3.8, 4) is 16.9 Å². The van der Waals surface area contributed by atoms with Crippen molar-refractivity contribution >= 4 is 50.8 Å². The zero-order valence-electron chi connectivity index (χ0n) is 26.7. The van der Waals surface area contributed by atoms with E-state index in [4.69, 9.17) is 32.5 Å². The fraction of sp³-hybridized carbons (Fsp3) is 0.257. The van der Waals surface area contributed by atoms with Crippen LogP contribution in [0.2, 0.25) is 10.0 Å². The summed E-state index contributed by atoms with van der Waals surface area (Å²) in [6, 6.07) is 26.9. The normalized spacial score (nSPS) is 12.0. The van der Waals surface area contributed by atoms with Gasteiger partial charge in [0.1, 0.15) is 5.75 Å². The molecule has 1 unspecified atom stereocenters. The number of carbonyl (C=O) groups is 2. The molecule has 12 heteroatoms. The zero-order valence-corrected chi connectivity index (χ0v) is 31.0. The second-order valence-corrected chi connectivity index (χ2v) is 14.5. The van der Waals surface area contributed by atoms with E-state index >= 15 is 0 Å². The smallest absolute Gasteiger partial charge is 0.493 e. The van der Waals surface area contributed by atoms with Crippen molar-refractivity contribution < 1.29 is 56.9 Å². The molecular weight excluding hydrogens is 670 g/mol. The summed E-state index contributed by atoms with van der Waals surface area (Å²) in [5.74, 6) is -1.13. The third kappa shape index (κ3) is 12.3. The number of hydrogen-bond acceptors (Lipinski definition) is 5. The van der Waals surface area contributed by atoms with Gasteiger partial charge in [-0.25, -0.2) is 0 Å². The van der Waals surface area contributed by atoms with Crippen LogP contribution in [0.1, 0.15) is 48.2 Å². The Morgan fingerprint density at radius 3 is 2.11 bits per heavy atom. The number of rotatable bonds is 12. The Morgan fingerprint density at radius 2 is 1.53 bits per heavy atom. The Bertz CT molecular complexity index is 1780. The topological polar surface area (TPSA) is 122 Å². The quantitative estimate of drug-likeness (QED) is 0.146. The summed E-state index contributed by atoms with van der Waals surface area (Å²) < 4.78 is 36.7. The van der Waals surface area contributed by atoms with E-state index < -0.39 is 27.7 Å². The predicted octanol–water partition coefficient (Wildman–Crippen LogP) is 4.67. The van der Waals surface area contributed by atoms with E-state index in [9.17, 15) is 18.0 Å². The second kappa shape index (κ2) is 17.0. The first-order valence-corrected chi connectivity index (χ1v) is 16.9. The molecule has 0 fully saturated rings. The molecule has 4 rings (SSSR count). The van der Waals surface area contributed by atoms with E-state index in [1.807, 2.05) is 54.6 Å². The number of benzene rings is 4. The number of anilines is 1. The molecule has 0 radical (unpaired) electrons. The van der Waals surface area contributed by atoms with Crippen LogP contribution in [-0.4, -0.2) is 43.7 Å². The predicted molar refractivity (Wildman–Crippen MR) is 184 cm³/mol. The van der Waals surface area contributed by atoms with Gasteiger partial charge in [-0.05, 0) is 77.1 Å². The molecule has 3 N–H and O–H groups in total. The van der Waals surface area contributed by atoms with Crippen LogP contribution in [0.4, 0.5) is 5.69 Å². The van der Waals surface area contributed by atoms with Gasteiger partial charge >= 0.3 is 29.6 Å². The SMILES string of the molecule is CC(C)(C)COc1ccc(C(Cc2ccc(C(=O)NCCS(=O)(=O)O)cc2)C(=O)Nc2ccc(-c3ccc(Cl)cc3Cl)cc2)cc1.[Na+]. The Labute approximate surface area is 308 Å². The maximum atomic E-state index is 13.8. The molecule has 0 aliphatic carbocycles. The fourth-order valence-corrected chi connectivity index (χ4v) is 5.45. The molecule has 0 saturated carbocycles. The average molecular weight is 707 g/mol. The van der Waals surface area contributed by atoms with Gasteiger partial charge in [0.25, 0.3) is 16.0 Å². The maximum Gasteiger partial charge on any atom is 1.00 e. The van der Waals surface area contributed by atoms with Crippen molar-refractivity contribution in [3.05, 3.63) is 118 Å². The van der Waals surface area contributed by atoms with Crippen LogP contribution in [0.5, 0.6) is 5.75 Å². The summed E-state index contributed by atoms with van der Waals surface area (Å²) in [5, 5.41) is 6.57. The number of halogens is 2. The summed E-state index contributed by atoms with van der Waals surface area (Å²) in [6.07, 6.45) is 0.344. The van der Waals surface area contributed by atoms with Crippen LogP contribution in [0.3, 0.4) is 0 Å². The van der Waals surface area contributed by atoms with E-state index in [2.05, 4.69) is 31.4 Å². The molecule has 0 saturated heterocycles. The van der Waals surface area contributed by atoms with Crippen molar-refractivity contribution in [1.29, 1.82) is 0 Å². The Kier molecular flexibility index (Phi) is 13.9. The molecule has 0 aliphatic rings. The largest absolute Gasteiger partial charge is 1.00 e. The van der Waals surface area contributed by atoms with Gasteiger partial charge in [0, 0.05) is 33.4 Å². The molecule has 0 aromatic heterocycles. The number of nitrogens with one attached hydrogen (secondary N) is 2. The van der Waals surface area contributed by atoms with Gasteiger partial charge in [0.15, 0.2) is 0 Å². The Hall–Kier alpha value is -2.89. The van der Waals surface area contributed by atoms with Gasteiger partial charge in [-0.15, -0.1) is 0 Å².